The maximum absolute atomic E-state index is 13.2. The molecule has 3 N–H and O–H groups in total. The first-order valence-electron chi connectivity index (χ1n) is 12.9. The number of hydrogen-bond acceptors (Lipinski definition) is 7. The van der Waals surface area contributed by atoms with Crippen LogP contribution in [0, 0.1) is 0 Å². The third-order valence-corrected chi connectivity index (χ3v) is 8.77. The maximum atomic E-state index is 13.2. The number of anilines is 2. The van der Waals surface area contributed by atoms with Crippen molar-refractivity contribution in [2.45, 2.75) is 37.9 Å². The highest BCUT2D eigenvalue weighted by atomic mass is 79.9. The number of benzene rings is 2. The number of imidazole rings is 1. The monoisotopic (exact) mass is 697 g/mol. The van der Waals surface area contributed by atoms with Crippen molar-refractivity contribution in [3.05, 3.63) is 64.0 Å². The van der Waals surface area contributed by atoms with Crippen LogP contribution in [0.5, 0.6) is 0 Å². The molecule has 2 aromatic carbocycles. The van der Waals surface area contributed by atoms with E-state index in [0.29, 0.717) is 39.7 Å². The summed E-state index contributed by atoms with van der Waals surface area (Å²) in [5.41, 5.74) is -4.86. The zero-order valence-corrected chi connectivity index (χ0v) is 25.3. The van der Waals surface area contributed by atoms with E-state index in [1.165, 1.54) is 31.3 Å². The number of nitrogens with zero attached hydrogens (tertiary/aromatic N) is 3. The van der Waals surface area contributed by atoms with E-state index < -0.39 is 39.4 Å². The summed E-state index contributed by atoms with van der Waals surface area (Å²) in [6.45, 7) is 1.98. The van der Waals surface area contributed by atoms with Crippen molar-refractivity contribution in [2.75, 3.05) is 16.7 Å². The van der Waals surface area contributed by atoms with Crippen LogP contribution in [0.4, 0.5) is 24.7 Å². The van der Waals surface area contributed by atoms with E-state index in [-0.39, 0.29) is 35.1 Å². The van der Waals surface area contributed by atoms with Crippen LogP contribution in [0.3, 0.4) is 0 Å². The van der Waals surface area contributed by atoms with Crippen molar-refractivity contribution in [3.63, 3.8) is 0 Å². The normalized spacial score (nSPS) is 15.7. The van der Waals surface area contributed by atoms with Gasteiger partial charge >= 0.3 is 21.5 Å². The van der Waals surface area contributed by atoms with E-state index in [2.05, 4.69) is 26.2 Å². The summed E-state index contributed by atoms with van der Waals surface area (Å²) in [6, 6.07) is 8.66. The SMILES string of the molecule is CCCc1nc2c(n1Cc1ccc3oc(-c4ccccc4NS(=O)(=O)C(F)(F)F)c(Br)c3c1)C(=O)NC(C(=O)O)C(=O)N2C. The number of aliphatic carboxylic acids is 1. The number of carboxylic acid groups (broad SMARTS) is 1. The first-order chi connectivity index (χ1) is 20.6. The number of carbonyl (C=O) groups excluding carboxylic acids is 2. The van der Waals surface area contributed by atoms with E-state index in [4.69, 9.17) is 4.42 Å². The molecule has 1 unspecified atom stereocenters. The van der Waals surface area contributed by atoms with Crippen LogP contribution in [0.25, 0.3) is 22.3 Å². The number of carbonyl (C=O) groups is 3. The number of nitrogens with one attached hydrogen (secondary N) is 2. The molecule has 0 saturated carbocycles. The van der Waals surface area contributed by atoms with E-state index in [0.717, 1.165) is 4.90 Å². The molecule has 232 valence electrons. The molecule has 1 aliphatic rings. The summed E-state index contributed by atoms with van der Waals surface area (Å²) in [5, 5.41) is 12.2. The molecule has 0 saturated heterocycles. The summed E-state index contributed by atoms with van der Waals surface area (Å²) in [4.78, 5) is 43.1. The van der Waals surface area contributed by atoms with Gasteiger partial charge in [0, 0.05) is 31.0 Å². The van der Waals surface area contributed by atoms with Crippen molar-refractivity contribution in [1.82, 2.24) is 14.9 Å². The summed E-state index contributed by atoms with van der Waals surface area (Å²) < 4.78 is 72.2. The smallest absolute Gasteiger partial charge is 0.479 e. The molecule has 3 heterocycles. The predicted octanol–water partition coefficient (Wildman–Crippen LogP) is 4.48. The summed E-state index contributed by atoms with van der Waals surface area (Å²) in [7, 11) is -4.36. The number of para-hydroxylation sites is 1. The lowest BCUT2D eigenvalue weighted by Gasteiger charge is -2.16. The lowest BCUT2D eigenvalue weighted by Crippen LogP contribution is -2.49. The molecule has 0 spiro atoms. The Kier molecular flexibility index (Phi) is 7.96. The van der Waals surface area contributed by atoms with Crippen LogP contribution >= 0.6 is 15.9 Å². The quantitative estimate of drug-likeness (QED) is 0.227. The molecule has 12 nitrogen and oxygen atoms in total. The van der Waals surface area contributed by atoms with Gasteiger partial charge in [0.2, 0.25) is 6.04 Å². The molecule has 5 rings (SSSR count). The van der Waals surface area contributed by atoms with Crippen LogP contribution in [0.15, 0.2) is 51.4 Å². The molecule has 0 bridgehead atoms. The van der Waals surface area contributed by atoms with E-state index in [9.17, 15) is 41.1 Å². The summed E-state index contributed by atoms with van der Waals surface area (Å²) in [6.07, 6.45) is 1.09. The number of fused-ring (bicyclic) bond motifs is 2. The zero-order valence-electron chi connectivity index (χ0n) is 22.9. The summed E-state index contributed by atoms with van der Waals surface area (Å²) in [5.74, 6) is -2.58. The number of alkyl halides is 3. The lowest BCUT2D eigenvalue weighted by molar-refractivity contribution is -0.142. The topological polar surface area (TPSA) is 164 Å². The van der Waals surface area contributed by atoms with Gasteiger partial charge in [-0.25, -0.2) is 9.78 Å². The summed E-state index contributed by atoms with van der Waals surface area (Å²) >= 11 is 3.43. The number of carboxylic acids is 1. The van der Waals surface area contributed by atoms with Crippen LogP contribution in [0.2, 0.25) is 0 Å². The van der Waals surface area contributed by atoms with E-state index >= 15 is 0 Å². The largest absolute Gasteiger partial charge is 0.516 e. The van der Waals surface area contributed by atoms with Crippen LogP contribution in [-0.2, 0) is 32.6 Å². The number of hydrogen-bond donors (Lipinski definition) is 3. The van der Waals surface area contributed by atoms with Crippen LogP contribution < -0.4 is 14.9 Å². The molecule has 44 heavy (non-hydrogen) atoms. The Morgan fingerprint density at radius 3 is 2.57 bits per heavy atom. The number of aromatic nitrogens is 2. The average Bonchev–Trinajstić information content (AvgIpc) is 3.44. The third-order valence-electron chi connectivity index (χ3n) is 6.89. The first kappa shape index (κ1) is 31.1. The number of sulfonamides is 1. The van der Waals surface area contributed by atoms with Gasteiger partial charge in [0.15, 0.2) is 17.3 Å². The third kappa shape index (κ3) is 5.40. The second-order valence-corrected chi connectivity index (χ2v) is 12.3. The Morgan fingerprint density at radius 2 is 1.91 bits per heavy atom. The fourth-order valence-electron chi connectivity index (χ4n) is 4.80. The minimum absolute atomic E-state index is 0.00553. The molecule has 2 aromatic heterocycles. The van der Waals surface area contributed by atoms with Crippen molar-refractivity contribution in [2.24, 2.45) is 0 Å². The highest BCUT2D eigenvalue weighted by molar-refractivity contribution is 9.10. The van der Waals surface area contributed by atoms with Crippen molar-refractivity contribution < 1.29 is 45.5 Å². The maximum Gasteiger partial charge on any atom is 0.516 e. The van der Waals surface area contributed by atoms with Crippen molar-refractivity contribution in [1.29, 1.82) is 0 Å². The van der Waals surface area contributed by atoms with Gasteiger partial charge in [0.05, 0.1) is 10.2 Å². The molecule has 0 fully saturated rings. The Hall–Kier alpha value is -4.38. The lowest BCUT2D eigenvalue weighted by atomic mass is 10.1. The Bertz CT molecular complexity index is 1940. The van der Waals surface area contributed by atoms with Gasteiger partial charge in [0.1, 0.15) is 11.4 Å². The van der Waals surface area contributed by atoms with Gasteiger partial charge in [-0.05, 0) is 52.2 Å². The van der Waals surface area contributed by atoms with Crippen LogP contribution in [-0.4, -0.2) is 59.5 Å². The Labute approximate surface area is 256 Å². The van der Waals surface area contributed by atoms with E-state index in [1.807, 2.05) is 6.92 Å². The Morgan fingerprint density at radius 1 is 1.20 bits per heavy atom. The number of amides is 2. The number of aryl methyl sites for hydroxylation is 1. The molecule has 1 atom stereocenters. The molecule has 2 amide bonds. The molecule has 0 radical (unpaired) electrons. The highest BCUT2D eigenvalue weighted by Crippen LogP contribution is 2.42. The Balaban J connectivity index is 1.56. The standard InChI is InChI=1S/C27H23BrF3N5O7S/c1-3-6-18-32-23-21(24(37)33-20(26(39)40)25(38)35(23)2)36(18)12-13-9-10-17-15(11-13)19(28)22(43-17)14-7-4-5-8-16(14)34-44(41,42)27(29,30)31/h4-5,7-11,20,34H,3,6,12H2,1-2H3,(H,33,37)(H,39,40). The molecular weight excluding hydrogens is 675 g/mol. The molecule has 17 heteroatoms. The van der Waals surface area contributed by atoms with Gasteiger partial charge < -0.3 is 19.4 Å². The van der Waals surface area contributed by atoms with Gasteiger partial charge in [-0.1, -0.05) is 25.1 Å². The minimum atomic E-state index is -5.70. The second-order valence-electron chi connectivity index (χ2n) is 9.85. The molecular formula is C27H23BrF3N5O7S. The highest BCUT2D eigenvalue weighted by Gasteiger charge is 2.46. The van der Waals surface area contributed by atoms with Gasteiger partial charge in [-0.2, -0.15) is 21.6 Å². The van der Waals surface area contributed by atoms with Crippen LogP contribution in [0.1, 0.15) is 35.2 Å². The van der Waals surface area contributed by atoms with Gasteiger partial charge in [-0.3, -0.25) is 19.2 Å². The second kappa shape index (κ2) is 11.3. The minimum Gasteiger partial charge on any atom is -0.479 e. The number of likely N-dealkylation sites (N-methyl/N-ethyl adjacent to an activating group) is 1. The van der Waals surface area contributed by atoms with Gasteiger partial charge in [0.25, 0.3) is 11.8 Å². The average molecular weight is 698 g/mol. The molecule has 1 aliphatic heterocycles. The van der Waals surface area contributed by atoms with Crippen molar-refractivity contribution in [3.8, 4) is 11.3 Å². The number of rotatable bonds is 8. The van der Waals surface area contributed by atoms with Gasteiger partial charge in [-0.15, -0.1) is 0 Å². The zero-order chi connectivity index (χ0) is 32.1. The van der Waals surface area contributed by atoms with Crippen molar-refractivity contribution >= 4 is 66.2 Å². The number of halogens is 4. The molecule has 4 aromatic rings. The molecule has 0 aliphatic carbocycles. The predicted molar refractivity (Wildman–Crippen MR) is 156 cm³/mol. The fourth-order valence-corrected chi connectivity index (χ4v) is 5.98. The first-order valence-corrected chi connectivity index (χ1v) is 15.2. The fraction of sp³-hybridized carbons (Fsp3) is 0.259. The number of furan rings is 1. The van der Waals surface area contributed by atoms with E-state index in [1.54, 1.807) is 27.5 Å².